The zero-order valence-electron chi connectivity index (χ0n) is 10.9. The Hall–Kier alpha value is -1.49. The van der Waals surface area contributed by atoms with E-state index in [-0.39, 0.29) is 11.7 Å². The second-order valence-electron chi connectivity index (χ2n) is 4.00. The number of pyridine rings is 1. The van der Waals surface area contributed by atoms with Crippen molar-refractivity contribution >= 4 is 5.91 Å². The molecule has 18 heavy (non-hydrogen) atoms. The molecule has 0 saturated heterocycles. The van der Waals surface area contributed by atoms with Crippen LogP contribution in [0.3, 0.4) is 0 Å². The molecule has 0 aliphatic heterocycles. The van der Waals surface area contributed by atoms with Gasteiger partial charge in [-0.2, -0.15) is 0 Å². The number of carbonyl (C=O) groups excluding carboxylic acids is 1. The monoisotopic (exact) mass is 253 g/mol. The van der Waals surface area contributed by atoms with Crippen molar-refractivity contribution in [1.29, 1.82) is 0 Å². The molecule has 0 spiro atoms. The number of nitrogens with zero attached hydrogens (tertiary/aromatic N) is 2. The van der Waals surface area contributed by atoms with Crippen molar-refractivity contribution in [2.75, 3.05) is 19.6 Å². The van der Waals surface area contributed by atoms with Gasteiger partial charge in [-0.15, -0.1) is 0 Å². The van der Waals surface area contributed by atoms with Gasteiger partial charge in [0.25, 0.3) is 0 Å². The minimum Gasteiger partial charge on any atom is -0.343 e. The Balaban J connectivity index is 2.24. The molecule has 0 radical (unpaired) electrons. The first kappa shape index (κ1) is 14.6. The number of rotatable bonds is 7. The van der Waals surface area contributed by atoms with Gasteiger partial charge in [-0.1, -0.05) is 0 Å². The maximum Gasteiger partial charge on any atom is 0.223 e. The van der Waals surface area contributed by atoms with E-state index in [4.69, 9.17) is 0 Å². The molecule has 0 fully saturated rings. The number of hydrogen-bond acceptors (Lipinski definition) is 3. The fourth-order valence-electron chi connectivity index (χ4n) is 1.72. The average molecular weight is 253 g/mol. The molecule has 1 aromatic heterocycles. The van der Waals surface area contributed by atoms with E-state index in [9.17, 15) is 9.18 Å². The lowest BCUT2D eigenvalue weighted by Gasteiger charge is -2.18. The van der Waals surface area contributed by atoms with Gasteiger partial charge in [0, 0.05) is 38.8 Å². The van der Waals surface area contributed by atoms with Gasteiger partial charge < -0.3 is 10.2 Å². The van der Waals surface area contributed by atoms with Gasteiger partial charge in [0.2, 0.25) is 5.91 Å². The molecule has 1 N–H and O–H groups in total. The van der Waals surface area contributed by atoms with Crippen LogP contribution in [0.25, 0.3) is 0 Å². The van der Waals surface area contributed by atoms with Crippen LogP contribution in [0.2, 0.25) is 0 Å². The Labute approximate surface area is 107 Å². The summed E-state index contributed by atoms with van der Waals surface area (Å²) in [5, 5.41) is 3.11. The van der Waals surface area contributed by atoms with E-state index in [1.54, 1.807) is 11.1 Å². The van der Waals surface area contributed by atoms with Crippen molar-refractivity contribution in [3.8, 4) is 0 Å². The SMILES string of the molecule is CCN(CC)C(=O)CCNCc1cncc(F)c1. The summed E-state index contributed by atoms with van der Waals surface area (Å²) in [6, 6.07) is 1.44. The maximum atomic E-state index is 12.9. The summed E-state index contributed by atoms with van der Waals surface area (Å²) in [5.74, 6) is -0.196. The third-order valence-corrected chi connectivity index (χ3v) is 2.72. The first-order valence-electron chi connectivity index (χ1n) is 6.25. The summed E-state index contributed by atoms with van der Waals surface area (Å²) in [4.78, 5) is 17.2. The van der Waals surface area contributed by atoms with Gasteiger partial charge in [-0.3, -0.25) is 9.78 Å². The van der Waals surface area contributed by atoms with Crippen LogP contribution in [0.5, 0.6) is 0 Å². The van der Waals surface area contributed by atoms with E-state index in [2.05, 4.69) is 10.3 Å². The zero-order valence-corrected chi connectivity index (χ0v) is 10.9. The highest BCUT2D eigenvalue weighted by Gasteiger charge is 2.08. The molecule has 1 aromatic rings. The van der Waals surface area contributed by atoms with Gasteiger partial charge in [0.05, 0.1) is 6.20 Å². The first-order chi connectivity index (χ1) is 8.67. The summed E-state index contributed by atoms with van der Waals surface area (Å²) >= 11 is 0. The standard InChI is InChI=1S/C13H20FN3O/c1-3-17(4-2)13(18)5-6-15-8-11-7-12(14)10-16-9-11/h7,9-10,15H,3-6,8H2,1-2H3. The minimum absolute atomic E-state index is 0.143. The number of carbonyl (C=O) groups is 1. The topological polar surface area (TPSA) is 45.2 Å². The van der Waals surface area contributed by atoms with Crippen LogP contribution in [-0.2, 0) is 11.3 Å². The van der Waals surface area contributed by atoms with Crippen molar-refractivity contribution in [1.82, 2.24) is 15.2 Å². The lowest BCUT2D eigenvalue weighted by Crippen LogP contribution is -2.32. The smallest absolute Gasteiger partial charge is 0.223 e. The maximum absolute atomic E-state index is 12.9. The van der Waals surface area contributed by atoms with Crippen LogP contribution in [0.4, 0.5) is 4.39 Å². The van der Waals surface area contributed by atoms with Gasteiger partial charge in [0.1, 0.15) is 5.82 Å². The highest BCUT2D eigenvalue weighted by atomic mass is 19.1. The average Bonchev–Trinajstić information content (AvgIpc) is 2.36. The number of amides is 1. The van der Waals surface area contributed by atoms with Crippen LogP contribution in [0.1, 0.15) is 25.8 Å². The van der Waals surface area contributed by atoms with Crippen LogP contribution in [0.15, 0.2) is 18.5 Å². The van der Waals surface area contributed by atoms with E-state index in [0.29, 0.717) is 19.5 Å². The van der Waals surface area contributed by atoms with E-state index >= 15 is 0 Å². The number of hydrogen-bond donors (Lipinski definition) is 1. The Bertz CT molecular complexity index is 380. The number of aromatic nitrogens is 1. The van der Waals surface area contributed by atoms with Crippen LogP contribution in [0, 0.1) is 5.82 Å². The molecule has 0 atom stereocenters. The van der Waals surface area contributed by atoms with Crippen LogP contribution >= 0.6 is 0 Å². The molecule has 1 heterocycles. The van der Waals surface area contributed by atoms with Crippen molar-refractivity contribution in [3.63, 3.8) is 0 Å². The molecule has 1 rings (SSSR count). The van der Waals surface area contributed by atoms with Crippen molar-refractivity contribution in [2.24, 2.45) is 0 Å². The quantitative estimate of drug-likeness (QED) is 0.750. The van der Waals surface area contributed by atoms with Crippen molar-refractivity contribution < 1.29 is 9.18 Å². The lowest BCUT2D eigenvalue weighted by atomic mass is 10.2. The molecule has 0 saturated carbocycles. The van der Waals surface area contributed by atoms with E-state index < -0.39 is 0 Å². The summed E-state index contributed by atoms with van der Waals surface area (Å²) in [6.45, 7) is 6.52. The molecule has 0 aliphatic rings. The van der Waals surface area contributed by atoms with E-state index in [1.165, 1.54) is 12.3 Å². The fraction of sp³-hybridized carbons (Fsp3) is 0.538. The Morgan fingerprint density at radius 1 is 1.39 bits per heavy atom. The third kappa shape index (κ3) is 4.79. The minimum atomic E-state index is -0.339. The number of halogens is 1. The fourth-order valence-corrected chi connectivity index (χ4v) is 1.72. The zero-order chi connectivity index (χ0) is 13.4. The molecule has 0 aliphatic carbocycles. The predicted molar refractivity (Wildman–Crippen MR) is 68.4 cm³/mol. The molecule has 0 unspecified atom stereocenters. The van der Waals surface area contributed by atoms with E-state index in [0.717, 1.165) is 18.7 Å². The molecular formula is C13H20FN3O. The van der Waals surface area contributed by atoms with Gasteiger partial charge in [-0.25, -0.2) is 4.39 Å². The van der Waals surface area contributed by atoms with Gasteiger partial charge >= 0.3 is 0 Å². The Morgan fingerprint density at radius 2 is 2.11 bits per heavy atom. The molecule has 5 heteroatoms. The molecule has 1 amide bonds. The van der Waals surface area contributed by atoms with Gasteiger partial charge in [-0.05, 0) is 25.5 Å². The molecule has 0 aromatic carbocycles. The largest absolute Gasteiger partial charge is 0.343 e. The normalized spacial score (nSPS) is 10.4. The number of nitrogens with one attached hydrogen (secondary N) is 1. The molecule has 4 nitrogen and oxygen atoms in total. The van der Waals surface area contributed by atoms with Gasteiger partial charge in [0.15, 0.2) is 0 Å². The predicted octanol–water partition coefficient (Wildman–Crippen LogP) is 1.57. The summed E-state index contributed by atoms with van der Waals surface area (Å²) in [6.07, 6.45) is 3.25. The van der Waals surface area contributed by atoms with E-state index in [1.807, 2.05) is 13.8 Å². The first-order valence-corrected chi connectivity index (χ1v) is 6.25. The highest BCUT2D eigenvalue weighted by molar-refractivity contribution is 5.76. The van der Waals surface area contributed by atoms with Crippen molar-refractivity contribution in [3.05, 3.63) is 29.8 Å². The highest BCUT2D eigenvalue weighted by Crippen LogP contribution is 2.00. The Kier molecular flexibility index (Phi) is 6.28. The molecule has 100 valence electrons. The van der Waals surface area contributed by atoms with Crippen LogP contribution in [-0.4, -0.2) is 35.4 Å². The summed E-state index contributed by atoms with van der Waals surface area (Å²) in [5.41, 5.74) is 0.783. The van der Waals surface area contributed by atoms with Crippen LogP contribution < -0.4 is 5.32 Å². The molecule has 0 bridgehead atoms. The third-order valence-electron chi connectivity index (χ3n) is 2.72. The lowest BCUT2D eigenvalue weighted by molar-refractivity contribution is -0.130. The second-order valence-corrected chi connectivity index (χ2v) is 4.00. The second kappa shape index (κ2) is 7.76. The summed E-state index contributed by atoms with van der Waals surface area (Å²) in [7, 11) is 0. The summed E-state index contributed by atoms with van der Waals surface area (Å²) < 4.78 is 12.9. The Morgan fingerprint density at radius 3 is 2.72 bits per heavy atom. The molecular weight excluding hydrogens is 233 g/mol. The van der Waals surface area contributed by atoms with Crippen molar-refractivity contribution in [2.45, 2.75) is 26.8 Å².